The zero-order valence-electron chi connectivity index (χ0n) is 7.53. The number of aromatic carboxylic acids is 1. The molecule has 0 bridgehead atoms. The van der Waals surface area contributed by atoms with Gasteiger partial charge in [0.15, 0.2) is 0 Å². The van der Waals surface area contributed by atoms with Crippen LogP contribution in [0.2, 0.25) is 0 Å². The van der Waals surface area contributed by atoms with E-state index in [0.717, 1.165) is 13.0 Å². The van der Waals surface area contributed by atoms with Crippen molar-refractivity contribution < 1.29 is 15.0 Å². The third-order valence-corrected chi connectivity index (χ3v) is 2.50. The van der Waals surface area contributed by atoms with Gasteiger partial charge in [-0.1, -0.05) is 12.1 Å². The summed E-state index contributed by atoms with van der Waals surface area (Å²) >= 11 is 0. The minimum atomic E-state index is -1.09. The minimum absolute atomic E-state index is 0.0313. The fourth-order valence-corrected chi connectivity index (χ4v) is 1.57. The van der Waals surface area contributed by atoms with E-state index in [-0.39, 0.29) is 17.4 Å². The zero-order chi connectivity index (χ0) is 10.1. The van der Waals surface area contributed by atoms with Crippen molar-refractivity contribution in [2.24, 2.45) is 0 Å². The normalized spacial score (nSPS) is 20.1. The molecule has 1 saturated heterocycles. The summed E-state index contributed by atoms with van der Waals surface area (Å²) in [6.07, 6.45) is 0.941. The van der Waals surface area contributed by atoms with Gasteiger partial charge in [0.05, 0.1) is 0 Å². The van der Waals surface area contributed by atoms with Crippen LogP contribution in [0.15, 0.2) is 18.2 Å². The number of para-hydroxylation sites is 1. The van der Waals surface area contributed by atoms with Crippen LogP contribution >= 0.6 is 0 Å². The molecule has 4 nitrogen and oxygen atoms in total. The van der Waals surface area contributed by atoms with Gasteiger partial charge in [-0.05, 0) is 19.0 Å². The Morgan fingerprint density at radius 1 is 1.50 bits per heavy atom. The Morgan fingerprint density at radius 2 is 2.21 bits per heavy atom. The molecule has 0 unspecified atom stereocenters. The van der Waals surface area contributed by atoms with Crippen molar-refractivity contribution in [2.45, 2.75) is 12.5 Å². The molecule has 4 heteroatoms. The molecule has 1 fully saturated rings. The lowest BCUT2D eigenvalue weighted by Gasteiger charge is -2.28. The van der Waals surface area contributed by atoms with Crippen molar-refractivity contribution in [3.63, 3.8) is 0 Å². The number of rotatable bonds is 2. The third kappa shape index (κ3) is 1.33. The average molecular weight is 193 g/mol. The molecule has 2 rings (SSSR count). The van der Waals surface area contributed by atoms with E-state index in [4.69, 9.17) is 5.11 Å². The highest BCUT2D eigenvalue weighted by atomic mass is 16.4. The number of carboxylic acid groups (broad SMARTS) is 1. The smallest absolute Gasteiger partial charge is 0.339 e. The van der Waals surface area contributed by atoms with Crippen LogP contribution in [-0.2, 0) is 0 Å². The second-order valence-corrected chi connectivity index (χ2v) is 3.34. The SMILES string of the molecule is O=C(O)c1cccc([C@@H]2CCN2)c1O. The summed E-state index contributed by atoms with van der Waals surface area (Å²) in [6, 6.07) is 4.91. The summed E-state index contributed by atoms with van der Waals surface area (Å²) in [4.78, 5) is 10.7. The van der Waals surface area contributed by atoms with Gasteiger partial charge in [-0.15, -0.1) is 0 Å². The molecular weight excluding hydrogens is 182 g/mol. The van der Waals surface area contributed by atoms with Gasteiger partial charge in [0.25, 0.3) is 0 Å². The molecule has 1 atom stereocenters. The molecule has 1 aliphatic rings. The Morgan fingerprint density at radius 3 is 2.71 bits per heavy atom. The lowest BCUT2D eigenvalue weighted by molar-refractivity contribution is 0.0693. The molecular formula is C10H11NO3. The Balaban J connectivity index is 2.40. The number of carboxylic acids is 1. The topological polar surface area (TPSA) is 69.6 Å². The quantitative estimate of drug-likeness (QED) is 0.658. The molecule has 1 aliphatic heterocycles. The van der Waals surface area contributed by atoms with Crippen LogP contribution < -0.4 is 5.32 Å². The number of nitrogens with one attached hydrogen (secondary N) is 1. The molecule has 0 aromatic heterocycles. The predicted molar refractivity (Wildman–Crippen MR) is 50.4 cm³/mol. The number of hydrogen-bond acceptors (Lipinski definition) is 3. The number of phenols is 1. The maximum Gasteiger partial charge on any atom is 0.339 e. The first-order valence-electron chi connectivity index (χ1n) is 4.48. The van der Waals surface area contributed by atoms with Crippen LogP contribution in [0.4, 0.5) is 0 Å². The second kappa shape index (κ2) is 3.31. The molecule has 0 amide bonds. The van der Waals surface area contributed by atoms with Crippen molar-refractivity contribution in [3.8, 4) is 5.75 Å². The largest absolute Gasteiger partial charge is 0.507 e. The molecule has 1 heterocycles. The van der Waals surface area contributed by atoms with E-state index < -0.39 is 5.97 Å². The van der Waals surface area contributed by atoms with E-state index in [0.29, 0.717) is 5.56 Å². The highest BCUT2D eigenvalue weighted by molar-refractivity contribution is 5.91. The predicted octanol–water partition coefficient (Wildman–Crippen LogP) is 1.12. The van der Waals surface area contributed by atoms with Crippen molar-refractivity contribution in [2.75, 3.05) is 6.54 Å². The Labute approximate surface area is 81.2 Å². The zero-order valence-corrected chi connectivity index (χ0v) is 7.53. The lowest BCUT2D eigenvalue weighted by Crippen LogP contribution is -2.35. The van der Waals surface area contributed by atoms with Crippen LogP contribution in [0.1, 0.15) is 28.4 Å². The minimum Gasteiger partial charge on any atom is -0.507 e. The molecule has 0 spiro atoms. The molecule has 14 heavy (non-hydrogen) atoms. The van der Waals surface area contributed by atoms with Gasteiger partial charge < -0.3 is 15.5 Å². The molecule has 3 N–H and O–H groups in total. The van der Waals surface area contributed by atoms with Gasteiger partial charge in [0.1, 0.15) is 11.3 Å². The number of carbonyl (C=O) groups is 1. The standard InChI is InChI=1S/C10H11NO3/c12-9-6(8-4-5-11-8)2-1-3-7(9)10(13)14/h1-3,8,11-12H,4-5H2,(H,13,14)/t8-/m0/s1. The van der Waals surface area contributed by atoms with E-state index in [1.807, 2.05) is 0 Å². The van der Waals surface area contributed by atoms with E-state index in [2.05, 4.69) is 5.32 Å². The first kappa shape index (κ1) is 9.02. The van der Waals surface area contributed by atoms with Crippen molar-refractivity contribution >= 4 is 5.97 Å². The van der Waals surface area contributed by atoms with Gasteiger partial charge >= 0.3 is 5.97 Å². The first-order chi connectivity index (χ1) is 6.70. The van der Waals surface area contributed by atoms with Crippen molar-refractivity contribution in [1.82, 2.24) is 5.32 Å². The summed E-state index contributed by atoms with van der Waals surface area (Å²) in [5, 5.41) is 21.6. The van der Waals surface area contributed by atoms with Gasteiger partial charge in [0.2, 0.25) is 0 Å². The van der Waals surface area contributed by atoms with E-state index in [1.165, 1.54) is 6.07 Å². The fourth-order valence-electron chi connectivity index (χ4n) is 1.57. The van der Waals surface area contributed by atoms with Gasteiger partial charge in [-0.3, -0.25) is 0 Å². The summed E-state index contributed by atoms with van der Waals surface area (Å²) in [6.45, 7) is 0.918. The van der Waals surface area contributed by atoms with Crippen molar-refractivity contribution in [3.05, 3.63) is 29.3 Å². The summed E-state index contributed by atoms with van der Waals surface area (Å²) in [5.41, 5.74) is 0.646. The molecule has 1 aromatic rings. The Bertz CT molecular complexity index is 372. The van der Waals surface area contributed by atoms with Crippen molar-refractivity contribution in [1.29, 1.82) is 0 Å². The van der Waals surface area contributed by atoms with Crippen LogP contribution in [0, 0.1) is 0 Å². The summed E-state index contributed by atoms with van der Waals surface area (Å²) in [5.74, 6) is -1.21. The van der Waals surface area contributed by atoms with E-state index in [9.17, 15) is 9.90 Å². The second-order valence-electron chi connectivity index (χ2n) is 3.34. The van der Waals surface area contributed by atoms with Crippen LogP contribution in [-0.4, -0.2) is 22.7 Å². The van der Waals surface area contributed by atoms with Gasteiger partial charge in [-0.2, -0.15) is 0 Å². The maximum atomic E-state index is 10.7. The number of aromatic hydroxyl groups is 1. The summed E-state index contributed by atoms with van der Waals surface area (Å²) in [7, 11) is 0. The number of benzene rings is 1. The molecule has 74 valence electrons. The Kier molecular flexibility index (Phi) is 2.13. The van der Waals surface area contributed by atoms with Crippen LogP contribution in [0.5, 0.6) is 5.75 Å². The lowest BCUT2D eigenvalue weighted by atomic mass is 9.95. The van der Waals surface area contributed by atoms with Gasteiger partial charge in [-0.25, -0.2) is 4.79 Å². The highest BCUT2D eigenvalue weighted by Crippen LogP contribution is 2.32. The Hall–Kier alpha value is -1.55. The van der Waals surface area contributed by atoms with E-state index in [1.54, 1.807) is 12.1 Å². The van der Waals surface area contributed by atoms with Gasteiger partial charge in [0, 0.05) is 11.6 Å². The fraction of sp³-hybridized carbons (Fsp3) is 0.300. The molecule has 0 saturated carbocycles. The van der Waals surface area contributed by atoms with Crippen LogP contribution in [0.3, 0.4) is 0 Å². The molecule has 0 aliphatic carbocycles. The molecule has 1 aromatic carbocycles. The third-order valence-electron chi connectivity index (χ3n) is 2.50. The highest BCUT2D eigenvalue weighted by Gasteiger charge is 2.23. The average Bonchev–Trinajstić information content (AvgIpc) is 2.04. The van der Waals surface area contributed by atoms with E-state index >= 15 is 0 Å². The van der Waals surface area contributed by atoms with Crippen LogP contribution in [0.25, 0.3) is 0 Å². The number of hydrogen-bond donors (Lipinski definition) is 3. The molecule has 0 radical (unpaired) electrons. The maximum absolute atomic E-state index is 10.7. The first-order valence-corrected chi connectivity index (χ1v) is 4.48. The summed E-state index contributed by atoms with van der Waals surface area (Å²) < 4.78 is 0. The monoisotopic (exact) mass is 193 g/mol.